The smallest absolute Gasteiger partial charge is 0.240 e. The molecule has 0 bridgehead atoms. The Morgan fingerprint density at radius 1 is 1.36 bits per heavy atom. The number of pyridine rings is 1. The van der Waals surface area contributed by atoms with Crippen molar-refractivity contribution in [1.82, 2.24) is 19.9 Å². The molecule has 0 saturated heterocycles. The summed E-state index contributed by atoms with van der Waals surface area (Å²) in [5.74, 6) is 0.155. The number of para-hydroxylation sites is 1. The lowest BCUT2D eigenvalue weighted by Crippen LogP contribution is -2.42. The minimum atomic E-state index is -0.272. The summed E-state index contributed by atoms with van der Waals surface area (Å²) in [6.07, 6.45) is 7.99. The second-order valence-electron chi connectivity index (χ2n) is 6.63. The van der Waals surface area contributed by atoms with Crippen LogP contribution in [0.2, 0.25) is 0 Å². The van der Waals surface area contributed by atoms with Gasteiger partial charge in [0.1, 0.15) is 6.54 Å². The Morgan fingerprint density at radius 2 is 2.20 bits per heavy atom. The third kappa shape index (κ3) is 3.39. The number of rotatable bonds is 5. The van der Waals surface area contributed by atoms with E-state index in [1.807, 2.05) is 30.5 Å². The van der Waals surface area contributed by atoms with E-state index in [0.29, 0.717) is 12.8 Å². The average Bonchev–Trinajstić information content (AvgIpc) is 3.09. The monoisotopic (exact) mass is 336 g/mol. The summed E-state index contributed by atoms with van der Waals surface area (Å²) in [5, 5.41) is 13.9. The molecule has 1 aliphatic carbocycles. The summed E-state index contributed by atoms with van der Waals surface area (Å²) in [6, 6.07) is 9.87. The standard InChI is InChI=1S/C19H20N4O2/c24-16-8-14(9-16)19(22-18(25)11-23-6-5-20-12-23)15-7-13-3-1-2-4-17(13)21-10-15/h1-7,10,12,14,16,19,24H,8-9,11H2,(H,22,25)/t14?,16?,19-/m0/s1. The molecule has 0 radical (unpaired) electrons. The van der Waals surface area contributed by atoms with E-state index in [4.69, 9.17) is 0 Å². The fourth-order valence-corrected chi connectivity index (χ4v) is 3.40. The van der Waals surface area contributed by atoms with E-state index in [1.54, 1.807) is 23.3 Å². The summed E-state index contributed by atoms with van der Waals surface area (Å²) < 4.78 is 1.74. The molecule has 0 aliphatic heterocycles. The highest BCUT2D eigenvalue weighted by molar-refractivity contribution is 5.79. The van der Waals surface area contributed by atoms with E-state index in [2.05, 4.69) is 21.4 Å². The zero-order chi connectivity index (χ0) is 17.2. The van der Waals surface area contributed by atoms with E-state index in [-0.39, 0.29) is 30.5 Å². The molecule has 2 N–H and O–H groups in total. The van der Waals surface area contributed by atoms with Gasteiger partial charge in [-0.15, -0.1) is 0 Å². The van der Waals surface area contributed by atoms with Gasteiger partial charge in [-0.3, -0.25) is 9.78 Å². The predicted octanol–water partition coefficient (Wildman–Crippen LogP) is 2.06. The van der Waals surface area contributed by atoms with Crippen molar-refractivity contribution in [3.63, 3.8) is 0 Å². The Hall–Kier alpha value is -2.73. The summed E-state index contributed by atoms with van der Waals surface area (Å²) in [4.78, 5) is 20.9. The van der Waals surface area contributed by atoms with E-state index < -0.39 is 0 Å². The second kappa shape index (κ2) is 6.64. The van der Waals surface area contributed by atoms with E-state index in [1.165, 1.54) is 0 Å². The van der Waals surface area contributed by atoms with Gasteiger partial charge in [-0.25, -0.2) is 4.98 Å². The van der Waals surface area contributed by atoms with Gasteiger partial charge < -0.3 is 15.0 Å². The van der Waals surface area contributed by atoms with Gasteiger partial charge in [0, 0.05) is 24.0 Å². The van der Waals surface area contributed by atoms with E-state index in [9.17, 15) is 9.90 Å². The van der Waals surface area contributed by atoms with Crippen molar-refractivity contribution in [2.24, 2.45) is 5.92 Å². The summed E-state index contributed by atoms with van der Waals surface area (Å²) in [5.41, 5.74) is 1.91. The van der Waals surface area contributed by atoms with Crippen molar-refractivity contribution in [2.75, 3.05) is 0 Å². The van der Waals surface area contributed by atoms with Crippen molar-refractivity contribution < 1.29 is 9.90 Å². The minimum absolute atomic E-state index is 0.0717. The number of aliphatic hydroxyl groups is 1. The Kier molecular flexibility index (Phi) is 4.19. The second-order valence-corrected chi connectivity index (χ2v) is 6.63. The number of hydrogen-bond donors (Lipinski definition) is 2. The van der Waals surface area contributed by atoms with Gasteiger partial charge >= 0.3 is 0 Å². The molecular formula is C19H20N4O2. The van der Waals surface area contributed by atoms with Crippen molar-refractivity contribution in [3.8, 4) is 0 Å². The van der Waals surface area contributed by atoms with Crippen molar-refractivity contribution in [3.05, 3.63) is 60.8 Å². The lowest BCUT2D eigenvalue weighted by atomic mass is 9.75. The zero-order valence-corrected chi connectivity index (χ0v) is 13.7. The number of aliphatic hydroxyl groups excluding tert-OH is 1. The number of fused-ring (bicyclic) bond motifs is 1. The van der Waals surface area contributed by atoms with Crippen LogP contribution in [0.3, 0.4) is 0 Å². The number of imidazole rings is 1. The van der Waals surface area contributed by atoms with E-state index in [0.717, 1.165) is 16.5 Å². The first-order chi connectivity index (χ1) is 12.2. The molecule has 6 heteroatoms. The third-order valence-electron chi connectivity index (χ3n) is 4.79. The van der Waals surface area contributed by atoms with Crippen LogP contribution in [-0.4, -0.2) is 31.7 Å². The number of amides is 1. The molecule has 1 aliphatic rings. The maximum absolute atomic E-state index is 12.4. The highest BCUT2D eigenvalue weighted by atomic mass is 16.3. The lowest BCUT2D eigenvalue weighted by Gasteiger charge is -2.38. The highest BCUT2D eigenvalue weighted by Crippen LogP contribution is 2.38. The van der Waals surface area contributed by atoms with Crippen LogP contribution in [0.25, 0.3) is 10.9 Å². The number of carbonyl (C=O) groups excluding carboxylic acids is 1. The molecule has 6 nitrogen and oxygen atoms in total. The maximum atomic E-state index is 12.4. The SMILES string of the molecule is O=C(Cn1ccnc1)N[C@H](c1cnc2ccccc2c1)C1CC(O)C1. The van der Waals surface area contributed by atoms with Gasteiger partial charge in [-0.2, -0.15) is 0 Å². The minimum Gasteiger partial charge on any atom is -0.393 e. The molecule has 1 amide bonds. The highest BCUT2D eigenvalue weighted by Gasteiger charge is 2.35. The molecule has 1 atom stereocenters. The number of hydrogen-bond acceptors (Lipinski definition) is 4. The molecule has 0 unspecified atom stereocenters. The van der Waals surface area contributed by atoms with Crippen LogP contribution in [0.1, 0.15) is 24.4 Å². The van der Waals surface area contributed by atoms with Gasteiger partial charge in [0.05, 0.1) is 24.0 Å². The fourth-order valence-electron chi connectivity index (χ4n) is 3.40. The summed E-state index contributed by atoms with van der Waals surface area (Å²) >= 11 is 0. The molecule has 3 aromatic rings. The van der Waals surface area contributed by atoms with Crippen LogP contribution in [0.4, 0.5) is 0 Å². The van der Waals surface area contributed by atoms with Gasteiger partial charge in [-0.05, 0) is 36.5 Å². The summed E-state index contributed by atoms with van der Waals surface area (Å²) in [7, 11) is 0. The Morgan fingerprint density at radius 3 is 2.96 bits per heavy atom. The first-order valence-electron chi connectivity index (χ1n) is 8.47. The molecule has 2 heterocycles. The average molecular weight is 336 g/mol. The number of nitrogens with one attached hydrogen (secondary N) is 1. The summed E-state index contributed by atoms with van der Waals surface area (Å²) in [6.45, 7) is 0.229. The van der Waals surface area contributed by atoms with Crippen LogP contribution in [0, 0.1) is 5.92 Å². The van der Waals surface area contributed by atoms with Crippen LogP contribution >= 0.6 is 0 Å². The van der Waals surface area contributed by atoms with Gasteiger partial charge in [0.25, 0.3) is 0 Å². The molecule has 25 heavy (non-hydrogen) atoms. The van der Waals surface area contributed by atoms with E-state index >= 15 is 0 Å². The van der Waals surface area contributed by atoms with Gasteiger partial charge in [0.15, 0.2) is 0 Å². The number of aromatic nitrogens is 3. The molecule has 1 saturated carbocycles. The van der Waals surface area contributed by atoms with Crippen LogP contribution < -0.4 is 5.32 Å². The molecule has 2 aromatic heterocycles. The number of carbonyl (C=O) groups is 1. The Balaban J connectivity index is 1.57. The molecule has 1 aromatic carbocycles. The molecule has 0 spiro atoms. The maximum Gasteiger partial charge on any atom is 0.240 e. The van der Waals surface area contributed by atoms with Crippen molar-refractivity contribution in [1.29, 1.82) is 0 Å². The van der Waals surface area contributed by atoms with Crippen LogP contribution in [0.15, 0.2) is 55.2 Å². The van der Waals surface area contributed by atoms with Gasteiger partial charge in [0.2, 0.25) is 5.91 Å². The quantitative estimate of drug-likeness (QED) is 0.747. The first kappa shape index (κ1) is 15.8. The van der Waals surface area contributed by atoms with Crippen molar-refractivity contribution in [2.45, 2.75) is 31.5 Å². The molecule has 1 fully saturated rings. The normalized spacial score (nSPS) is 20.8. The number of benzene rings is 1. The predicted molar refractivity (Wildman–Crippen MR) is 93.6 cm³/mol. The first-order valence-corrected chi connectivity index (χ1v) is 8.47. The topological polar surface area (TPSA) is 80.0 Å². The van der Waals surface area contributed by atoms with Crippen molar-refractivity contribution >= 4 is 16.8 Å². The Bertz CT molecular complexity index is 872. The van der Waals surface area contributed by atoms with Crippen LogP contribution in [-0.2, 0) is 11.3 Å². The third-order valence-corrected chi connectivity index (χ3v) is 4.79. The Labute approximate surface area is 145 Å². The lowest BCUT2D eigenvalue weighted by molar-refractivity contribution is -0.123. The fraction of sp³-hybridized carbons (Fsp3) is 0.316. The molecule has 4 rings (SSSR count). The molecule has 128 valence electrons. The van der Waals surface area contributed by atoms with Gasteiger partial charge in [-0.1, -0.05) is 18.2 Å². The number of nitrogens with zero attached hydrogens (tertiary/aromatic N) is 3. The largest absolute Gasteiger partial charge is 0.393 e. The zero-order valence-electron chi connectivity index (χ0n) is 13.7. The molecular weight excluding hydrogens is 316 g/mol. The van der Waals surface area contributed by atoms with Crippen LogP contribution in [0.5, 0.6) is 0 Å².